The van der Waals surface area contributed by atoms with E-state index in [1.165, 1.54) is 0 Å². The maximum absolute atomic E-state index is 13.1. The molecule has 3 unspecified atom stereocenters. The number of ketones is 1. The van der Waals surface area contributed by atoms with Crippen molar-refractivity contribution in [2.75, 3.05) is 13.2 Å². The van der Waals surface area contributed by atoms with Gasteiger partial charge in [0.25, 0.3) is 0 Å². The van der Waals surface area contributed by atoms with E-state index in [9.17, 15) is 9.59 Å². The van der Waals surface area contributed by atoms with E-state index < -0.39 is 11.8 Å². The van der Waals surface area contributed by atoms with Gasteiger partial charge in [-0.05, 0) is 43.4 Å². The summed E-state index contributed by atoms with van der Waals surface area (Å²) in [5.74, 6) is -1.37. The van der Waals surface area contributed by atoms with Gasteiger partial charge in [0.05, 0.1) is 6.10 Å². The molecule has 1 aliphatic carbocycles. The first-order valence-electron chi connectivity index (χ1n) is 9.80. The van der Waals surface area contributed by atoms with E-state index in [0.717, 1.165) is 36.9 Å². The Morgan fingerprint density at radius 3 is 2.75 bits per heavy atom. The number of ether oxygens (including phenoxy) is 2. The molecule has 1 fully saturated rings. The third-order valence-corrected chi connectivity index (χ3v) is 5.96. The number of benzene rings is 1. The van der Waals surface area contributed by atoms with Gasteiger partial charge >= 0.3 is 5.97 Å². The third kappa shape index (κ3) is 3.74. The predicted octanol–water partition coefficient (Wildman–Crippen LogP) is 3.89. The minimum Gasteiger partial charge on any atom is -0.462 e. The summed E-state index contributed by atoms with van der Waals surface area (Å²) in [6.45, 7) is 5.03. The number of halogens is 1. The van der Waals surface area contributed by atoms with E-state index in [1.54, 1.807) is 12.1 Å². The summed E-state index contributed by atoms with van der Waals surface area (Å²) < 4.78 is 11.2. The zero-order chi connectivity index (χ0) is 19.7. The fourth-order valence-electron chi connectivity index (χ4n) is 4.34. The fraction of sp³-hybridized carbons (Fsp3) is 0.455. The predicted molar refractivity (Wildman–Crippen MR) is 106 cm³/mol. The summed E-state index contributed by atoms with van der Waals surface area (Å²) in [5, 5.41) is 3.83. The van der Waals surface area contributed by atoms with Crippen molar-refractivity contribution in [3.63, 3.8) is 0 Å². The Morgan fingerprint density at radius 1 is 1.25 bits per heavy atom. The highest BCUT2D eigenvalue weighted by Gasteiger charge is 2.44. The number of allylic oxidation sites excluding steroid dienone is 2. The van der Waals surface area contributed by atoms with Crippen LogP contribution in [0.5, 0.6) is 0 Å². The van der Waals surface area contributed by atoms with Gasteiger partial charge in [-0.3, -0.25) is 9.59 Å². The molecule has 1 saturated heterocycles. The van der Waals surface area contributed by atoms with E-state index in [-0.39, 0.29) is 24.5 Å². The summed E-state index contributed by atoms with van der Waals surface area (Å²) >= 11 is 6.05. The Morgan fingerprint density at radius 2 is 2.04 bits per heavy atom. The molecule has 0 aromatic heterocycles. The lowest BCUT2D eigenvalue weighted by atomic mass is 9.71. The van der Waals surface area contributed by atoms with Gasteiger partial charge in [0.2, 0.25) is 0 Å². The average molecular weight is 402 g/mol. The first-order valence-corrected chi connectivity index (χ1v) is 10.2. The number of hydrogen-bond acceptors (Lipinski definition) is 5. The number of rotatable bonds is 4. The van der Waals surface area contributed by atoms with E-state index in [2.05, 4.69) is 11.9 Å². The van der Waals surface area contributed by atoms with Crippen LogP contribution in [-0.4, -0.2) is 31.1 Å². The Kier molecular flexibility index (Phi) is 5.56. The van der Waals surface area contributed by atoms with Crippen LogP contribution in [-0.2, 0) is 19.1 Å². The number of carbonyl (C=O) groups excluding carboxylic acids is 2. The van der Waals surface area contributed by atoms with Crippen molar-refractivity contribution >= 4 is 23.4 Å². The second-order valence-electron chi connectivity index (χ2n) is 7.59. The molecule has 2 aliphatic heterocycles. The SMILES string of the molecule is C=C1NC2=C(C(=O)CCC2)C(c2ccc(Cl)cc2)C1C(=O)OCC1CCCO1. The molecule has 3 atom stereocenters. The zero-order valence-corrected chi connectivity index (χ0v) is 16.5. The molecule has 0 bridgehead atoms. The summed E-state index contributed by atoms with van der Waals surface area (Å²) in [7, 11) is 0. The van der Waals surface area contributed by atoms with Crippen molar-refractivity contribution in [2.24, 2.45) is 5.92 Å². The smallest absolute Gasteiger partial charge is 0.315 e. The maximum atomic E-state index is 13.1. The normalized spacial score (nSPS) is 27.4. The minimum absolute atomic E-state index is 0.0474. The van der Waals surface area contributed by atoms with Crippen molar-refractivity contribution in [1.29, 1.82) is 0 Å². The number of esters is 1. The van der Waals surface area contributed by atoms with E-state index in [4.69, 9.17) is 21.1 Å². The minimum atomic E-state index is -0.664. The fourth-order valence-corrected chi connectivity index (χ4v) is 4.47. The van der Waals surface area contributed by atoms with Gasteiger partial charge in [0, 0.05) is 40.9 Å². The van der Waals surface area contributed by atoms with E-state index in [1.807, 2.05) is 12.1 Å². The third-order valence-electron chi connectivity index (χ3n) is 5.71. The van der Waals surface area contributed by atoms with Crippen LogP contribution in [0.4, 0.5) is 0 Å². The lowest BCUT2D eigenvalue weighted by Crippen LogP contribution is -2.41. The summed E-state index contributed by atoms with van der Waals surface area (Å²) in [5.41, 5.74) is 3.00. The first kappa shape index (κ1) is 19.2. The monoisotopic (exact) mass is 401 g/mol. The van der Waals surface area contributed by atoms with Crippen molar-refractivity contribution in [1.82, 2.24) is 5.32 Å². The lowest BCUT2D eigenvalue weighted by molar-refractivity contribution is -0.151. The van der Waals surface area contributed by atoms with Gasteiger partial charge < -0.3 is 14.8 Å². The van der Waals surface area contributed by atoms with Crippen LogP contribution in [0.2, 0.25) is 5.02 Å². The Hall–Kier alpha value is -2.11. The molecular weight excluding hydrogens is 378 g/mol. The van der Waals surface area contributed by atoms with Gasteiger partial charge in [0.1, 0.15) is 12.5 Å². The summed E-state index contributed by atoms with van der Waals surface area (Å²) in [6, 6.07) is 7.31. The molecule has 1 aromatic carbocycles. The van der Waals surface area contributed by atoms with Crippen LogP contribution in [0.25, 0.3) is 0 Å². The molecule has 148 valence electrons. The van der Waals surface area contributed by atoms with Gasteiger partial charge in [-0.2, -0.15) is 0 Å². The lowest BCUT2D eigenvalue weighted by Gasteiger charge is -2.38. The molecule has 6 heteroatoms. The molecular formula is C22H24ClNO4. The van der Waals surface area contributed by atoms with Crippen LogP contribution in [0.1, 0.15) is 43.6 Å². The maximum Gasteiger partial charge on any atom is 0.315 e. The largest absolute Gasteiger partial charge is 0.462 e. The van der Waals surface area contributed by atoms with Crippen LogP contribution < -0.4 is 5.32 Å². The summed E-state index contributed by atoms with van der Waals surface area (Å²) in [4.78, 5) is 25.9. The van der Waals surface area contributed by atoms with Crippen LogP contribution in [0, 0.1) is 5.92 Å². The number of hydrogen-bond donors (Lipinski definition) is 1. The molecule has 28 heavy (non-hydrogen) atoms. The molecule has 0 spiro atoms. The van der Waals surface area contributed by atoms with Gasteiger partial charge in [-0.15, -0.1) is 0 Å². The Labute approximate surface area is 169 Å². The van der Waals surface area contributed by atoms with Crippen LogP contribution >= 0.6 is 11.6 Å². The standard InChI is InChI=1S/C22H24ClNO4/c1-13-19(22(26)28-12-16-4-3-11-27-16)20(14-7-9-15(23)10-8-14)21-17(24-13)5-2-6-18(21)25/h7-10,16,19-20,24H,1-6,11-12H2. The average Bonchev–Trinajstić information content (AvgIpc) is 3.19. The molecule has 5 nitrogen and oxygen atoms in total. The number of Topliss-reactive ketones (excluding diaryl/α,β-unsaturated/α-hetero) is 1. The van der Waals surface area contributed by atoms with Gasteiger partial charge in [-0.25, -0.2) is 0 Å². The zero-order valence-electron chi connectivity index (χ0n) is 15.7. The first-order chi connectivity index (χ1) is 13.5. The molecule has 4 rings (SSSR count). The van der Waals surface area contributed by atoms with Gasteiger partial charge in [-0.1, -0.05) is 30.3 Å². The molecule has 0 saturated carbocycles. The van der Waals surface area contributed by atoms with E-state index >= 15 is 0 Å². The van der Waals surface area contributed by atoms with Crippen molar-refractivity contribution in [2.45, 2.75) is 44.1 Å². The highest BCUT2D eigenvalue weighted by Crippen LogP contribution is 2.44. The van der Waals surface area contributed by atoms with Crippen molar-refractivity contribution < 1.29 is 19.1 Å². The molecule has 2 heterocycles. The Bertz CT molecular complexity index is 823. The summed E-state index contributed by atoms with van der Waals surface area (Å²) in [6.07, 6.45) is 3.91. The molecule has 1 aromatic rings. The van der Waals surface area contributed by atoms with Crippen molar-refractivity contribution in [3.05, 3.63) is 58.4 Å². The van der Waals surface area contributed by atoms with E-state index in [0.29, 0.717) is 29.3 Å². The number of carbonyl (C=O) groups is 2. The molecule has 1 N–H and O–H groups in total. The Balaban J connectivity index is 1.67. The highest BCUT2D eigenvalue weighted by molar-refractivity contribution is 6.30. The van der Waals surface area contributed by atoms with Gasteiger partial charge in [0.15, 0.2) is 5.78 Å². The number of nitrogens with one attached hydrogen (secondary N) is 1. The van der Waals surface area contributed by atoms with Crippen LogP contribution in [0.3, 0.4) is 0 Å². The second kappa shape index (κ2) is 8.10. The molecule has 0 amide bonds. The van der Waals surface area contributed by atoms with Crippen molar-refractivity contribution in [3.8, 4) is 0 Å². The molecule has 0 radical (unpaired) electrons. The second-order valence-corrected chi connectivity index (χ2v) is 8.03. The molecule has 3 aliphatic rings. The topological polar surface area (TPSA) is 64.6 Å². The highest BCUT2D eigenvalue weighted by atomic mass is 35.5. The van der Waals surface area contributed by atoms with Crippen LogP contribution in [0.15, 0.2) is 47.8 Å². The quantitative estimate of drug-likeness (QED) is 0.775.